The fourth-order valence-electron chi connectivity index (χ4n) is 4.21. The Labute approximate surface area is 176 Å². The van der Waals surface area contributed by atoms with Gasteiger partial charge in [-0.2, -0.15) is 5.10 Å². The third-order valence-corrected chi connectivity index (χ3v) is 5.62. The van der Waals surface area contributed by atoms with Gasteiger partial charge in [0.1, 0.15) is 11.9 Å². The molecule has 0 radical (unpaired) electrons. The molecule has 1 amide bonds. The predicted octanol–water partition coefficient (Wildman–Crippen LogP) is 2.50. The van der Waals surface area contributed by atoms with Crippen molar-refractivity contribution >= 4 is 5.91 Å². The highest BCUT2D eigenvalue weighted by Crippen LogP contribution is 2.33. The highest BCUT2D eigenvalue weighted by molar-refractivity contribution is 5.80. The molecule has 168 valence electrons. The Morgan fingerprint density at radius 2 is 1.94 bits per heavy atom. The molecule has 0 N–H and O–H groups in total. The zero-order valence-corrected chi connectivity index (χ0v) is 17.0. The summed E-state index contributed by atoms with van der Waals surface area (Å²) in [6, 6.07) is 3.48. The predicted molar refractivity (Wildman–Crippen MR) is 103 cm³/mol. The molecule has 4 rings (SSSR count). The van der Waals surface area contributed by atoms with Crippen LogP contribution >= 0.6 is 0 Å². The van der Waals surface area contributed by atoms with Gasteiger partial charge in [-0.05, 0) is 43.4 Å². The Bertz CT molecular complexity index is 1020. The van der Waals surface area contributed by atoms with Crippen LogP contribution in [-0.2, 0) is 17.8 Å². The van der Waals surface area contributed by atoms with Crippen LogP contribution in [0.25, 0.3) is 0 Å². The summed E-state index contributed by atoms with van der Waals surface area (Å²) in [6.45, 7) is 1.34. The summed E-state index contributed by atoms with van der Waals surface area (Å²) >= 11 is 0. The van der Waals surface area contributed by atoms with Crippen molar-refractivity contribution in [3.05, 3.63) is 40.1 Å². The molecule has 1 aromatic carbocycles. The Hall–Kier alpha value is -2.98. The molecule has 1 fully saturated rings. The van der Waals surface area contributed by atoms with Crippen LogP contribution < -0.4 is 15.2 Å². The van der Waals surface area contributed by atoms with Gasteiger partial charge in [-0.1, -0.05) is 6.07 Å². The zero-order chi connectivity index (χ0) is 22.2. The first-order valence-corrected chi connectivity index (χ1v) is 10.2. The van der Waals surface area contributed by atoms with Crippen molar-refractivity contribution in [2.45, 2.75) is 51.1 Å². The van der Waals surface area contributed by atoms with E-state index in [-0.39, 0.29) is 18.2 Å². The van der Waals surface area contributed by atoms with Gasteiger partial charge in [0.2, 0.25) is 5.91 Å². The van der Waals surface area contributed by atoms with E-state index in [0.29, 0.717) is 37.3 Å². The molecule has 8 nitrogen and oxygen atoms in total. The van der Waals surface area contributed by atoms with Crippen LogP contribution in [0.2, 0.25) is 0 Å². The standard InChI is InChI=1S/C20H23F3N4O4/c1-30-15-8-7-13(11-16(15)31-20(21,22)23)12-26-19(29)27-14(5-4-6-17(27)24-26)18(28)25-9-2-3-10-25/h7-8,11,14H,2-6,9-10,12H2,1H3. The summed E-state index contributed by atoms with van der Waals surface area (Å²) in [5.41, 5.74) is -0.0543. The van der Waals surface area contributed by atoms with Crippen molar-refractivity contribution in [1.82, 2.24) is 19.2 Å². The average molecular weight is 440 g/mol. The van der Waals surface area contributed by atoms with E-state index in [1.807, 2.05) is 0 Å². The van der Waals surface area contributed by atoms with Crippen LogP contribution in [0.15, 0.2) is 23.0 Å². The maximum atomic E-state index is 13.0. The number of aromatic nitrogens is 3. The Balaban J connectivity index is 1.62. The fraction of sp³-hybridized carbons (Fsp3) is 0.550. The Kier molecular flexibility index (Phi) is 5.67. The fourth-order valence-corrected chi connectivity index (χ4v) is 4.21. The summed E-state index contributed by atoms with van der Waals surface area (Å²) in [5, 5.41) is 4.35. The smallest absolute Gasteiger partial charge is 0.493 e. The van der Waals surface area contributed by atoms with Crippen LogP contribution in [0.4, 0.5) is 13.2 Å². The monoisotopic (exact) mass is 440 g/mol. The molecule has 0 spiro atoms. The van der Waals surface area contributed by atoms with E-state index in [1.54, 1.807) is 11.0 Å². The van der Waals surface area contributed by atoms with E-state index in [0.717, 1.165) is 19.3 Å². The minimum atomic E-state index is -4.88. The molecule has 2 aliphatic heterocycles. The van der Waals surface area contributed by atoms with Gasteiger partial charge in [0.15, 0.2) is 11.5 Å². The van der Waals surface area contributed by atoms with E-state index >= 15 is 0 Å². The van der Waals surface area contributed by atoms with E-state index in [4.69, 9.17) is 4.74 Å². The van der Waals surface area contributed by atoms with Gasteiger partial charge in [-0.15, -0.1) is 13.2 Å². The van der Waals surface area contributed by atoms with E-state index in [1.165, 1.54) is 28.5 Å². The van der Waals surface area contributed by atoms with Crippen LogP contribution in [0, 0.1) is 0 Å². The lowest BCUT2D eigenvalue weighted by Crippen LogP contribution is -2.41. The van der Waals surface area contributed by atoms with Gasteiger partial charge in [0.05, 0.1) is 13.7 Å². The molecule has 1 unspecified atom stereocenters. The van der Waals surface area contributed by atoms with E-state index < -0.39 is 23.8 Å². The third-order valence-electron chi connectivity index (χ3n) is 5.62. The number of aryl methyl sites for hydroxylation is 1. The molecule has 0 aliphatic carbocycles. The van der Waals surface area contributed by atoms with Crippen molar-refractivity contribution in [3.63, 3.8) is 0 Å². The lowest BCUT2D eigenvalue weighted by molar-refractivity contribution is -0.275. The second-order valence-corrected chi connectivity index (χ2v) is 7.70. The first-order chi connectivity index (χ1) is 14.8. The second kappa shape index (κ2) is 8.27. The van der Waals surface area contributed by atoms with Crippen LogP contribution in [0.5, 0.6) is 11.5 Å². The van der Waals surface area contributed by atoms with Crippen molar-refractivity contribution in [2.24, 2.45) is 0 Å². The second-order valence-electron chi connectivity index (χ2n) is 7.70. The Morgan fingerprint density at radius 3 is 2.61 bits per heavy atom. The molecular formula is C20H23F3N4O4. The molecule has 3 heterocycles. The molecule has 0 bridgehead atoms. The summed E-state index contributed by atoms with van der Waals surface area (Å²) in [7, 11) is 1.24. The van der Waals surface area contributed by atoms with Gasteiger partial charge in [-0.3, -0.25) is 9.36 Å². The number of benzene rings is 1. The SMILES string of the molecule is COc1ccc(Cn2nc3n(c2=O)C(C(=O)N2CCCC2)CCC3)cc1OC(F)(F)F. The van der Waals surface area contributed by atoms with Gasteiger partial charge >= 0.3 is 12.1 Å². The lowest BCUT2D eigenvalue weighted by atomic mass is 10.0. The molecule has 2 aliphatic rings. The summed E-state index contributed by atoms with van der Waals surface area (Å²) in [6.07, 6.45) is -1.08. The first-order valence-electron chi connectivity index (χ1n) is 10.2. The highest BCUT2D eigenvalue weighted by Gasteiger charge is 2.35. The minimum absolute atomic E-state index is 0.0539. The van der Waals surface area contributed by atoms with Crippen LogP contribution in [0.3, 0.4) is 0 Å². The number of amides is 1. The number of carbonyl (C=O) groups is 1. The number of alkyl halides is 3. The number of nitrogens with zero attached hydrogens (tertiary/aromatic N) is 4. The average Bonchev–Trinajstić information content (AvgIpc) is 3.35. The lowest BCUT2D eigenvalue weighted by Gasteiger charge is -2.27. The summed E-state index contributed by atoms with van der Waals surface area (Å²) in [4.78, 5) is 27.7. The molecule has 1 saturated heterocycles. The molecule has 1 atom stereocenters. The van der Waals surface area contributed by atoms with Crippen molar-refractivity contribution < 1.29 is 27.4 Å². The zero-order valence-electron chi connectivity index (χ0n) is 17.0. The molecular weight excluding hydrogens is 417 g/mol. The topological polar surface area (TPSA) is 78.6 Å². The quantitative estimate of drug-likeness (QED) is 0.714. The number of likely N-dealkylation sites (tertiary alicyclic amines) is 1. The largest absolute Gasteiger partial charge is 0.573 e. The summed E-state index contributed by atoms with van der Waals surface area (Å²) < 4.78 is 49.7. The van der Waals surface area contributed by atoms with Crippen molar-refractivity contribution in [1.29, 1.82) is 0 Å². The number of halogens is 3. The Morgan fingerprint density at radius 1 is 1.19 bits per heavy atom. The normalized spacial score (nSPS) is 18.7. The number of ether oxygens (including phenoxy) is 2. The van der Waals surface area contributed by atoms with Gasteiger partial charge < -0.3 is 14.4 Å². The number of carbonyl (C=O) groups excluding carboxylic acids is 1. The number of rotatable bonds is 5. The van der Waals surface area contributed by atoms with E-state index in [2.05, 4.69) is 9.84 Å². The first kappa shape index (κ1) is 21.3. The van der Waals surface area contributed by atoms with Crippen LogP contribution in [0.1, 0.15) is 43.1 Å². The third kappa shape index (κ3) is 4.40. The molecule has 1 aromatic heterocycles. The van der Waals surface area contributed by atoms with E-state index in [9.17, 15) is 22.8 Å². The molecule has 2 aromatic rings. The minimum Gasteiger partial charge on any atom is -0.493 e. The highest BCUT2D eigenvalue weighted by atomic mass is 19.4. The van der Waals surface area contributed by atoms with Gasteiger partial charge in [0, 0.05) is 19.5 Å². The van der Waals surface area contributed by atoms with Gasteiger partial charge in [0.25, 0.3) is 0 Å². The molecule has 11 heteroatoms. The number of fused-ring (bicyclic) bond motifs is 1. The maximum absolute atomic E-state index is 13.0. The van der Waals surface area contributed by atoms with Crippen molar-refractivity contribution in [2.75, 3.05) is 20.2 Å². The maximum Gasteiger partial charge on any atom is 0.573 e. The van der Waals surface area contributed by atoms with Crippen molar-refractivity contribution in [3.8, 4) is 11.5 Å². The summed E-state index contributed by atoms with van der Waals surface area (Å²) in [5.74, 6) is -0.111. The number of hydrogen-bond donors (Lipinski definition) is 0. The molecule has 31 heavy (non-hydrogen) atoms. The van der Waals surface area contributed by atoms with Crippen LogP contribution in [-0.4, -0.2) is 51.7 Å². The number of hydrogen-bond acceptors (Lipinski definition) is 5. The molecule has 0 saturated carbocycles. The number of methoxy groups -OCH3 is 1. The van der Waals surface area contributed by atoms with Gasteiger partial charge in [-0.25, -0.2) is 9.48 Å².